The first-order valence-corrected chi connectivity index (χ1v) is 19.0. The fourth-order valence-electron chi connectivity index (χ4n) is 8.34. The van der Waals surface area contributed by atoms with Crippen molar-refractivity contribution in [1.82, 2.24) is 15.0 Å². The van der Waals surface area contributed by atoms with Crippen molar-refractivity contribution < 1.29 is 0 Å². The van der Waals surface area contributed by atoms with E-state index < -0.39 is 0 Å². The molecule has 3 heterocycles. The van der Waals surface area contributed by atoms with Crippen LogP contribution >= 0.6 is 0 Å². The van der Waals surface area contributed by atoms with Crippen molar-refractivity contribution in [2.75, 3.05) is 0 Å². The van der Waals surface area contributed by atoms with Crippen molar-refractivity contribution in [2.24, 2.45) is 0 Å². The molecule has 0 aliphatic heterocycles. The number of nitrogens with zero attached hydrogens (tertiary/aromatic N) is 3. The second-order valence-electron chi connectivity index (χ2n) is 14.3. The Labute approximate surface area is 324 Å². The first-order valence-electron chi connectivity index (χ1n) is 19.0. The Morgan fingerprint density at radius 1 is 0.250 bits per heavy atom. The number of aromatic nitrogens is 3. The molecular weight excluding hydrogens is 679 g/mol. The highest BCUT2D eigenvalue weighted by Gasteiger charge is 2.20. The lowest BCUT2D eigenvalue weighted by Crippen LogP contribution is -1.95. The molecule has 0 aliphatic carbocycles. The smallest absolute Gasteiger partial charge is 0.0972 e. The molecule has 0 aliphatic rings. The number of fused-ring (bicyclic) bond motifs is 7. The number of hydrogen-bond donors (Lipinski definition) is 0. The highest BCUT2D eigenvalue weighted by Crippen LogP contribution is 2.44. The van der Waals surface area contributed by atoms with E-state index in [1.54, 1.807) is 0 Å². The topological polar surface area (TPSA) is 38.7 Å². The molecule has 0 saturated heterocycles. The molecule has 0 spiro atoms. The third-order valence-electron chi connectivity index (χ3n) is 11.0. The highest BCUT2D eigenvalue weighted by molar-refractivity contribution is 6.20. The Kier molecular flexibility index (Phi) is 7.49. The van der Waals surface area contributed by atoms with E-state index in [4.69, 9.17) is 15.0 Å². The van der Waals surface area contributed by atoms with Gasteiger partial charge in [-0.05, 0) is 62.5 Å². The Morgan fingerprint density at radius 2 is 0.732 bits per heavy atom. The number of rotatable bonds is 5. The van der Waals surface area contributed by atoms with Crippen LogP contribution in [0.2, 0.25) is 0 Å². The average molecular weight is 712 g/mol. The number of hydrogen-bond acceptors (Lipinski definition) is 3. The molecule has 11 rings (SSSR count). The van der Waals surface area contributed by atoms with Gasteiger partial charge in [0.25, 0.3) is 0 Å². The van der Waals surface area contributed by atoms with Crippen molar-refractivity contribution in [3.8, 4) is 56.0 Å². The highest BCUT2D eigenvalue weighted by atomic mass is 14.8. The fraction of sp³-hybridized carbons (Fsp3) is 0. The van der Waals surface area contributed by atoms with Gasteiger partial charge in [0, 0.05) is 38.4 Å². The molecule has 11 aromatic rings. The molecule has 0 amide bonds. The van der Waals surface area contributed by atoms with Gasteiger partial charge in [0.1, 0.15) is 0 Å². The zero-order chi connectivity index (χ0) is 37.0. The van der Waals surface area contributed by atoms with Crippen LogP contribution in [0, 0.1) is 0 Å². The predicted molar refractivity (Wildman–Crippen MR) is 235 cm³/mol. The summed E-state index contributed by atoms with van der Waals surface area (Å²) in [5.41, 5.74) is 13.4. The monoisotopic (exact) mass is 711 g/mol. The second kappa shape index (κ2) is 13.1. The van der Waals surface area contributed by atoms with Gasteiger partial charge in [-0.25, -0.2) is 15.0 Å². The molecule has 56 heavy (non-hydrogen) atoms. The van der Waals surface area contributed by atoms with Crippen LogP contribution in [0.25, 0.3) is 110 Å². The standard InChI is InChI=1S/C53H33N3/c1-4-14-34(15-5-1)45-33-49(36-18-8-3-9-19-36)56-53-46(32-39-20-10-11-21-40(39)50(45)53)43-28-29-44(42-23-13-12-22-41(42)43)48-31-27-38-25-24-37-26-30-47(35-16-6-2-7-17-35)54-51(37)52(38)55-48/h1-33H. The molecule has 0 saturated carbocycles. The summed E-state index contributed by atoms with van der Waals surface area (Å²) in [7, 11) is 0. The third kappa shape index (κ3) is 5.32. The minimum absolute atomic E-state index is 0.901. The lowest BCUT2D eigenvalue weighted by atomic mass is 9.88. The van der Waals surface area contributed by atoms with Crippen LogP contribution < -0.4 is 0 Å². The zero-order valence-electron chi connectivity index (χ0n) is 30.4. The molecule has 0 N–H and O–H groups in total. The summed E-state index contributed by atoms with van der Waals surface area (Å²) in [6, 6.07) is 70.9. The van der Waals surface area contributed by atoms with Crippen LogP contribution in [-0.2, 0) is 0 Å². The van der Waals surface area contributed by atoms with Gasteiger partial charge in [-0.15, -0.1) is 0 Å². The first-order chi connectivity index (χ1) is 27.8. The lowest BCUT2D eigenvalue weighted by Gasteiger charge is -2.18. The van der Waals surface area contributed by atoms with E-state index in [1.807, 2.05) is 6.07 Å². The summed E-state index contributed by atoms with van der Waals surface area (Å²) in [5.74, 6) is 0. The SMILES string of the molecule is c1ccc(-c2cc(-c3ccccc3)c3c(n2)c(-c2ccc(-c4ccc5ccc6ccc(-c7ccccc7)nc6c5n4)c4ccccc24)cc2ccccc23)cc1. The van der Waals surface area contributed by atoms with Crippen molar-refractivity contribution in [3.63, 3.8) is 0 Å². The van der Waals surface area contributed by atoms with Crippen molar-refractivity contribution in [3.05, 3.63) is 200 Å². The molecule has 0 atom stereocenters. The van der Waals surface area contributed by atoms with E-state index in [-0.39, 0.29) is 0 Å². The van der Waals surface area contributed by atoms with Crippen LogP contribution in [0.5, 0.6) is 0 Å². The summed E-state index contributed by atoms with van der Waals surface area (Å²) in [6.07, 6.45) is 0. The van der Waals surface area contributed by atoms with Gasteiger partial charge in [0.05, 0.1) is 33.6 Å². The molecule has 0 radical (unpaired) electrons. The Morgan fingerprint density at radius 3 is 1.41 bits per heavy atom. The summed E-state index contributed by atoms with van der Waals surface area (Å²) in [5, 5.41) is 7.95. The molecule has 0 fully saturated rings. The van der Waals surface area contributed by atoms with Gasteiger partial charge < -0.3 is 0 Å². The molecule has 0 unspecified atom stereocenters. The quantitative estimate of drug-likeness (QED) is 0.167. The second-order valence-corrected chi connectivity index (χ2v) is 14.3. The van der Waals surface area contributed by atoms with E-state index in [0.717, 1.165) is 88.4 Å². The van der Waals surface area contributed by atoms with Gasteiger partial charge in [-0.2, -0.15) is 0 Å². The summed E-state index contributed by atoms with van der Waals surface area (Å²) in [6.45, 7) is 0. The summed E-state index contributed by atoms with van der Waals surface area (Å²) >= 11 is 0. The largest absolute Gasteiger partial charge is 0.247 e. The molecule has 3 aromatic heterocycles. The predicted octanol–water partition coefficient (Wildman–Crippen LogP) is 14.0. The average Bonchev–Trinajstić information content (AvgIpc) is 3.28. The van der Waals surface area contributed by atoms with Gasteiger partial charge in [-0.3, -0.25) is 0 Å². The van der Waals surface area contributed by atoms with Gasteiger partial charge in [0.15, 0.2) is 0 Å². The van der Waals surface area contributed by atoms with E-state index in [1.165, 1.54) is 21.9 Å². The first kappa shape index (κ1) is 32.0. The van der Waals surface area contributed by atoms with E-state index in [0.29, 0.717) is 0 Å². The van der Waals surface area contributed by atoms with Crippen molar-refractivity contribution in [1.29, 1.82) is 0 Å². The van der Waals surface area contributed by atoms with Crippen LogP contribution in [0.1, 0.15) is 0 Å². The molecule has 3 nitrogen and oxygen atoms in total. The van der Waals surface area contributed by atoms with Crippen LogP contribution in [0.4, 0.5) is 0 Å². The third-order valence-corrected chi connectivity index (χ3v) is 11.0. The normalized spacial score (nSPS) is 11.6. The summed E-state index contributed by atoms with van der Waals surface area (Å²) in [4.78, 5) is 16.1. The number of pyridine rings is 3. The Bertz CT molecular complexity index is 3280. The maximum absolute atomic E-state index is 5.52. The summed E-state index contributed by atoms with van der Waals surface area (Å²) < 4.78 is 0. The van der Waals surface area contributed by atoms with Gasteiger partial charge >= 0.3 is 0 Å². The van der Waals surface area contributed by atoms with Crippen molar-refractivity contribution in [2.45, 2.75) is 0 Å². The molecule has 3 heteroatoms. The molecule has 260 valence electrons. The zero-order valence-corrected chi connectivity index (χ0v) is 30.4. The van der Waals surface area contributed by atoms with Crippen LogP contribution in [0.15, 0.2) is 200 Å². The molecule has 8 aromatic carbocycles. The fourth-order valence-corrected chi connectivity index (χ4v) is 8.34. The Balaban J connectivity index is 1.16. The minimum atomic E-state index is 0.901. The Hall–Kier alpha value is -7.49. The van der Waals surface area contributed by atoms with Gasteiger partial charge in [0.2, 0.25) is 0 Å². The van der Waals surface area contributed by atoms with Crippen LogP contribution in [-0.4, -0.2) is 15.0 Å². The maximum Gasteiger partial charge on any atom is 0.0972 e. The number of benzene rings is 8. The van der Waals surface area contributed by atoms with Crippen molar-refractivity contribution >= 4 is 54.3 Å². The lowest BCUT2D eigenvalue weighted by molar-refractivity contribution is 1.37. The molecule has 0 bridgehead atoms. The van der Waals surface area contributed by atoms with Gasteiger partial charge in [-0.1, -0.05) is 176 Å². The van der Waals surface area contributed by atoms with E-state index in [9.17, 15) is 0 Å². The molecular formula is C53H33N3. The van der Waals surface area contributed by atoms with E-state index in [2.05, 4.69) is 194 Å². The van der Waals surface area contributed by atoms with Crippen LogP contribution in [0.3, 0.4) is 0 Å². The minimum Gasteiger partial charge on any atom is -0.247 e. The van der Waals surface area contributed by atoms with E-state index >= 15 is 0 Å². The maximum atomic E-state index is 5.52.